The van der Waals surface area contributed by atoms with E-state index in [0.717, 1.165) is 24.9 Å². The Balaban J connectivity index is 2.12. The van der Waals surface area contributed by atoms with Crippen molar-refractivity contribution in [2.45, 2.75) is 17.7 Å². The van der Waals surface area contributed by atoms with Crippen LogP contribution in [0.1, 0.15) is 22.3 Å². The number of hydrogen-bond acceptors (Lipinski definition) is 3. The van der Waals surface area contributed by atoms with Crippen LogP contribution in [0.4, 0.5) is 0 Å². The fourth-order valence-electron chi connectivity index (χ4n) is 2.32. The van der Waals surface area contributed by atoms with Crippen molar-refractivity contribution in [1.82, 2.24) is 4.90 Å². The molecule has 3 heteroatoms. The Morgan fingerprint density at radius 3 is 2.82 bits per heavy atom. The van der Waals surface area contributed by atoms with Gasteiger partial charge in [-0.1, -0.05) is 6.07 Å². The lowest BCUT2D eigenvalue weighted by Gasteiger charge is -2.12. The maximum atomic E-state index is 12.2. The Morgan fingerprint density at radius 1 is 1.41 bits per heavy atom. The first-order valence-electron chi connectivity index (χ1n) is 5.97. The molecule has 0 aliphatic heterocycles. The molecule has 1 aliphatic rings. The van der Waals surface area contributed by atoms with Gasteiger partial charge in [0.2, 0.25) is 0 Å². The van der Waals surface area contributed by atoms with Gasteiger partial charge in [0.15, 0.2) is 5.78 Å². The minimum absolute atomic E-state index is 0.199. The minimum atomic E-state index is 0.199. The summed E-state index contributed by atoms with van der Waals surface area (Å²) in [5.41, 5.74) is 2.19. The Bertz CT molecular complexity index is 428. The molecule has 0 saturated carbocycles. The third kappa shape index (κ3) is 2.72. The summed E-state index contributed by atoms with van der Waals surface area (Å²) in [6.07, 6.45) is 3.94. The van der Waals surface area contributed by atoms with Crippen LogP contribution < -0.4 is 0 Å². The van der Waals surface area contributed by atoms with Gasteiger partial charge >= 0.3 is 0 Å². The van der Waals surface area contributed by atoms with E-state index < -0.39 is 0 Å². The van der Waals surface area contributed by atoms with Gasteiger partial charge in [0.05, 0.1) is 0 Å². The number of rotatable bonds is 4. The molecule has 17 heavy (non-hydrogen) atoms. The number of ketones is 1. The van der Waals surface area contributed by atoms with Crippen LogP contribution >= 0.6 is 11.8 Å². The van der Waals surface area contributed by atoms with E-state index in [2.05, 4.69) is 37.2 Å². The van der Waals surface area contributed by atoms with Gasteiger partial charge in [-0.2, -0.15) is 0 Å². The van der Waals surface area contributed by atoms with Crippen molar-refractivity contribution in [3.63, 3.8) is 0 Å². The molecule has 0 saturated heterocycles. The van der Waals surface area contributed by atoms with E-state index >= 15 is 0 Å². The van der Waals surface area contributed by atoms with Crippen molar-refractivity contribution in [3.05, 3.63) is 29.3 Å². The summed E-state index contributed by atoms with van der Waals surface area (Å²) in [6, 6.07) is 6.29. The Labute approximate surface area is 107 Å². The second-order valence-electron chi connectivity index (χ2n) is 4.88. The Morgan fingerprint density at radius 2 is 2.18 bits per heavy atom. The predicted octanol–water partition coefficient (Wildman–Crippen LogP) is 2.72. The van der Waals surface area contributed by atoms with Crippen LogP contribution in [0.15, 0.2) is 23.1 Å². The highest BCUT2D eigenvalue weighted by molar-refractivity contribution is 7.98. The first-order chi connectivity index (χ1) is 8.11. The standard InChI is InChI=1S/C14H19NOS/c1-15(2)7-6-11-8-10-4-5-12(17-3)9-13(10)14(11)16/h4-5,9,11H,6-8H2,1-3H3/t11-/m1/s1. The van der Waals surface area contributed by atoms with Crippen molar-refractivity contribution in [1.29, 1.82) is 0 Å². The first-order valence-corrected chi connectivity index (χ1v) is 7.20. The molecule has 2 rings (SSSR count). The number of nitrogens with zero attached hydrogens (tertiary/aromatic N) is 1. The van der Waals surface area contributed by atoms with Crippen molar-refractivity contribution in [2.24, 2.45) is 5.92 Å². The van der Waals surface area contributed by atoms with Gasteiger partial charge < -0.3 is 4.90 Å². The summed E-state index contributed by atoms with van der Waals surface area (Å²) in [4.78, 5) is 15.6. The topological polar surface area (TPSA) is 20.3 Å². The van der Waals surface area contributed by atoms with Crippen LogP contribution in [-0.4, -0.2) is 37.6 Å². The Hall–Kier alpha value is -0.800. The van der Waals surface area contributed by atoms with E-state index in [1.165, 1.54) is 10.5 Å². The van der Waals surface area contributed by atoms with Gasteiger partial charge in [-0.05, 0) is 57.4 Å². The molecule has 0 radical (unpaired) electrons. The van der Waals surface area contributed by atoms with Gasteiger partial charge in [0.1, 0.15) is 0 Å². The number of thioether (sulfide) groups is 1. The average molecular weight is 249 g/mol. The van der Waals surface area contributed by atoms with Gasteiger partial charge in [-0.25, -0.2) is 0 Å². The van der Waals surface area contributed by atoms with Crippen LogP contribution in [-0.2, 0) is 6.42 Å². The maximum absolute atomic E-state index is 12.2. The molecular weight excluding hydrogens is 230 g/mol. The highest BCUT2D eigenvalue weighted by Gasteiger charge is 2.30. The summed E-state index contributed by atoms with van der Waals surface area (Å²) >= 11 is 1.70. The van der Waals surface area contributed by atoms with E-state index in [0.29, 0.717) is 5.78 Å². The molecule has 0 amide bonds. The number of carbonyl (C=O) groups excluding carboxylic acids is 1. The minimum Gasteiger partial charge on any atom is -0.309 e. The zero-order valence-corrected chi connectivity index (χ0v) is 11.5. The van der Waals surface area contributed by atoms with E-state index in [4.69, 9.17) is 0 Å². The highest BCUT2D eigenvalue weighted by atomic mass is 32.2. The third-order valence-electron chi connectivity index (χ3n) is 3.34. The smallest absolute Gasteiger partial charge is 0.166 e. The van der Waals surface area contributed by atoms with Crippen LogP contribution in [0, 0.1) is 5.92 Å². The second-order valence-corrected chi connectivity index (χ2v) is 5.76. The molecule has 1 aliphatic carbocycles. The third-order valence-corrected chi connectivity index (χ3v) is 4.07. The quantitative estimate of drug-likeness (QED) is 0.765. The largest absolute Gasteiger partial charge is 0.309 e. The fourth-order valence-corrected chi connectivity index (χ4v) is 2.76. The predicted molar refractivity (Wildman–Crippen MR) is 72.9 cm³/mol. The van der Waals surface area contributed by atoms with Crippen LogP contribution in [0.5, 0.6) is 0 Å². The molecule has 0 unspecified atom stereocenters. The van der Waals surface area contributed by atoms with Crippen LogP contribution in [0.25, 0.3) is 0 Å². The molecule has 2 nitrogen and oxygen atoms in total. The van der Waals surface area contributed by atoms with Crippen LogP contribution in [0.3, 0.4) is 0 Å². The lowest BCUT2D eigenvalue weighted by Crippen LogP contribution is -2.19. The lowest BCUT2D eigenvalue weighted by atomic mass is 10.0. The number of hydrogen-bond donors (Lipinski definition) is 0. The molecule has 92 valence electrons. The summed E-state index contributed by atoms with van der Waals surface area (Å²) in [5.74, 6) is 0.544. The van der Waals surface area contributed by atoms with E-state index in [1.807, 2.05) is 6.26 Å². The van der Waals surface area contributed by atoms with Crippen molar-refractivity contribution >= 4 is 17.5 Å². The molecule has 0 spiro atoms. The van der Waals surface area contributed by atoms with E-state index in [9.17, 15) is 4.79 Å². The summed E-state index contributed by atoms with van der Waals surface area (Å²) in [5, 5.41) is 0. The molecule has 0 N–H and O–H groups in total. The van der Waals surface area contributed by atoms with E-state index in [1.54, 1.807) is 11.8 Å². The molecule has 1 atom stereocenters. The number of benzene rings is 1. The van der Waals surface area contributed by atoms with Crippen LogP contribution in [0.2, 0.25) is 0 Å². The molecule has 0 bridgehead atoms. The summed E-state index contributed by atoms with van der Waals surface area (Å²) in [6.45, 7) is 0.986. The van der Waals surface area contributed by atoms with Crippen molar-refractivity contribution in [3.8, 4) is 0 Å². The first kappa shape index (κ1) is 12.7. The SMILES string of the molecule is CSc1ccc2c(c1)C(=O)[C@H](CCN(C)C)C2. The molecule has 0 fully saturated rings. The Kier molecular flexibility index (Phi) is 3.89. The normalized spacial score (nSPS) is 18.8. The molecule has 1 aromatic rings. The highest BCUT2D eigenvalue weighted by Crippen LogP contribution is 2.31. The molecular formula is C14H19NOS. The lowest BCUT2D eigenvalue weighted by molar-refractivity contribution is 0.0925. The molecule has 0 heterocycles. The second kappa shape index (κ2) is 5.23. The van der Waals surface area contributed by atoms with Crippen molar-refractivity contribution in [2.75, 3.05) is 26.9 Å². The maximum Gasteiger partial charge on any atom is 0.166 e. The zero-order valence-electron chi connectivity index (χ0n) is 10.7. The average Bonchev–Trinajstić information content (AvgIpc) is 2.63. The number of fused-ring (bicyclic) bond motifs is 1. The summed E-state index contributed by atoms with van der Waals surface area (Å²) in [7, 11) is 4.11. The number of Topliss-reactive ketones (excluding diaryl/α,β-unsaturated/α-hetero) is 1. The fraction of sp³-hybridized carbons (Fsp3) is 0.500. The summed E-state index contributed by atoms with van der Waals surface area (Å²) < 4.78 is 0. The van der Waals surface area contributed by atoms with Crippen molar-refractivity contribution < 1.29 is 4.79 Å². The van der Waals surface area contributed by atoms with Gasteiger partial charge in [0.25, 0.3) is 0 Å². The zero-order chi connectivity index (χ0) is 12.4. The van der Waals surface area contributed by atoms with Gasteiger partial charge in [-0.3, -0.25) is 4.79 Å². The monoisotopic (exact) mass is 249 g/mol. The number of carbonyl (C=O) groups is 1. The van der Waals surface area contributed by atoms with Gasteiger partial charge in [0, 0.05) is 16.4 Å². The van der Waals surface area contributed by atoms with Gasteiger partial charge in [-0.15, -0.1) is 11.8 Å². The molecule has 1 aromatic carbocycles. The van der Waals surface area contributed by atoms with E-state index in [-0.39, 0.29) is 5.92 Å². The molecule has 0 aromatic heterocycles.